The summed E-state index contributed by atoms with van der Waals surface area (Å²) in [5, 5.41) is 10.8. The normalized spacial score (nSPS) is 25.7. The van der Waals surface area contributed by atoms with E-state index in [1.807, 2.05) is 6.07 Å². The molecule has 0 saturated carbocycles. The number of ether oxygens (including phenoxy) is 1. The third-order valence-electron chi connectivity index (χ3n) is 5.40. The molecular formula is C21H20F2N4O2S. The molecule has 0 aliphatic carbocycles. The molecule has 2 heterocycles. The predicted molar refractivity (Wildman–Crippen MR) is 112 cm³/mol. The number of carbonyl (C=O) groups is 1. The van der Waals surface area contributed by atoms with Crippen molar-refractivity contribution in [3.63, 3.8) is 0 Å². The summed E-state index contributed by atoms with van der Waals surface area (Å²) >= 11 is 1.34. The minimum Gasteiger partial charge on any atom is -0.385 e. The fourth-order valence-electron chi connectivity index (χ4n) is 3.83. The SMILES string of the molecule is N=C(N)[C@H]1C[C@H]2CSC(NC(=O)c3ccccc3)=N[C@@]2(c2ccc(F)cc2F)CO1. The lowest BCUT2D eigenvalue weighted by Crippen LogP contribution is -2.53. The van der Waals surface area contributed by atoms with Gasteiger partial charge in [-0.1, -0.05) is 36.0 Å². The van der Waals surface area contributed by atoms with Crippen LogP contribution in [-0.4, -0.2) is 35.4 Å². The van der Waals surface area contributed by atoms with Gasteiger partial charge in [0.05, 0.1) is 6.61 Å². The van der Waals surface area contributed by atoms with Crippen LogP contribution in [0.4, 0.5) is 8.78 Å². The Balaban J connectivity index is 1.71. The van der Waals surface area contributed by atoms with E-state index in [1.165, 1.54) is 23.9 Å². The topological polar surface area (TPSA) is 101 Å². The molecule has 1 saturated heterocycles. The Morgan fingerprint density at radius 1 is 1.27 bits per heavy atom. The predicted octanol–water partition coefficient (Wildman–Crippen LogP) is 3.03. The molecule has 156 valence electrons. The Kier molecular flexibility index (Phi) is 5.57. The number of aliphatic imine (C=N–C) groups is 1. The number of rotatable bonds is 3. The number of amides is 1. The molecule has 6 nitrogen and oxygen atoms in total. The molecule has 9 heteroatoms. The largest absolute Gasteiger partial charge is 0.385 e. The van der Waals surface area contributed by atoms with Crippen LogP contribution in [0, 0.1) is 23.0 Å². The molecule has 1 fully saturated rings. The third-order valence-corrected chi connectivity index (χ3v) is 6.44. The summed E-state index contributed by atoms with van der Waals surface area (Å²) in [7, 11) is 0. The average Bonchev–Trinajstić information content (AvgIpc) is 2.73. The van der Waals surface area contributed by atoms with Gasteiger partial charge in [-0.05, 0) is 24.6 Å². The lowest BCUT2D eigenvalue weighted by Gasteiger charge is -2.46. The van der Waals surface area contributed by atoms with E-state index >= 15 is 0 Å². The summed E-state index contributed by atoms with van der Waals surface area (Å²) in [5.74, 6) is -1.53. The minimum absolute atomic E-state index is 0.0320. The summed E-state index contributed by atoms with van der Waals surface area (Å²) in [5.41, 5.74) is 5.14. The van der Waals surface area contributed by atoms with Gasteiger partial charge in [0.1, 0.15) is 29.1 Å². The first-order valence-electron chi connectivity index (χ1n) is 9.39. The molecule has 2 aromatic rings. The molecule has 0 radical (unpaired) electrons. The molecule has 0 bridgehead atoms. The van der Waals surface area contributed by atoms with E-state index < -0.39 is 23.3 Å². The Hall–Kier alpha value is -2.78. The maximum absolute atomic E-state index is 14.8. The number of hydrogen-bond donors (Lipinski definition) is 3. The van der Waals surface area contributed by atoms with Crippen LogP contribution in [0.2, 0.25) is 0 Å². The van der Waals surface area contributed by atoms with Crippen LogP contribution < -0.4 is 11.1 Å². The van der Waals surface area contributed by atoms with Gasteiger partial charge in [-0.25, -0.2) is 13.8 Å². The van der Waals surface area contributed by atoms with Gasteiger partial charge in [0.25, 0.3) is 5.91 Å². The van der Waals surface area contributed by atoms with E-state index in [0.29, 0.717) is 22.9 Å². The van der Waals surface area contributed by atoms with Crippen LogP contribution in [0.5, 0.6) is 0 Å². The van der Waals surface area contributed by atoms with Gasteiger partial charge in [-0.15, -0.1) is 0 Å². The second-order valence-corrected chi connectivity index (χ2v) is 8.29. The summed E-state index contributed by atoms with van der Waals surface area (Å²) in [4.78, 5) is 17.3. The lowest BCUT2D eigenvalue weighted by molar-refractivity contribution is -0.0262. The van der Waals surface area contributed by atoms with Gasteiger partial charge >= 0.3 is 0 Å². The molecule has 4 rings (SSSR count). The van der Waals surface area contributed by atoms with Crippen molar-refractivity contribution in [1.82, 2.24) is 5.32 Å². The molecule has 4 N–H and O–H groups in total. The molecule has 0 unspecified atom stereocenters. The number of thioether (sulfide) groups is 1. The van der Waals surface area contributed by atoms with Crippen molar-refractivity contribution in [3.8, 4) is 0 Å². The van der Waals surface area contributed by atoms with Gasteiger partial charge in [-0.3, -0.25) is 10.2 Å². The van der Waals surface area contributed by atoms with Crippen molar-refractivity contribution in [2.45, 2.75) is 18.1 Å². The van der Waals surface area contributed by atoms with E-state index in [2.05, 4.69) is 5.32 Å². The maximum atomic E-state index is 14.8. The fourth-order valence-corrected chi connectivity index (χ4v) is 4.99. The second kappa shape index (κ2) is 8.16. The lowest BCUT2D eigenvalue weighted by atomic mass is 9.75. The smallest absolute Gasteiger partial charge is 0.257 e. The highest BCUT2D eigenvalue weighted by atomic mass is 32.2. The van der Waals surface area contributed by atoms with Gasteiger partial charge in [0.15, 0.2) is 5.17 Å². The fraction of sp³-hybridized carbons (Fsp3) is 0.286. The van der Waals surface area contributed by atoms with E-state index in [9.17, 15) is 13.6 Å². The standard InChI is InChI=1S/C21H20F2N4O2S/c22-14-6-7-15(16(23)9-14)21-11-29-17(18(24)25)8-13(21)10-30-20(27-21)26-19(28)12-4-2-1-3-5-12/h1-7,9,13,17H,8,10-11H2,(H3,24,25)(H,26,27,28)/t13-,17+,21-/m0/s1. The number of fused-ring (bicyclic) bond motifs is 1. The van der Waals surface area contributed by atoms with Crippen LogP contribution >= 0.6 is 11.8 Å². The Morgan fingerprint density at radius 2 is 2.03 bits per heavy atom. The highest BCUT2D eigenvalue weighted by Crippen LogP contribution is 2.46. The molecule has 0 aromatic heterocycles. The van der Waals surface area contributed by atoms with Crippen molar-refractivity contribution in [2.24, 2.45) is 16.6 Å². The van der Waals surface area contributed by atoms with Crippen molar-refractivity contribution in [3.05, 3.63) is 71.3 Å². The first kappa shape index (κ1) is 20.5. The summed E-state index contributed by atoms with van der Waals surface area (Å²) in [6.07, 6.45) is -0.203. The van der Waals surface area contributed by atoms with Crippen LogP contribution in [0.25, 0.3) is 0 Å². The number of benzene rings is 2. The van der Waals surface area contributed by atoms with Crippen molar-refractivity contribution in [1.29, 1.82) is 5.41 Å². The number of halogens is 2. The van der Waals surface area contributed by atoms with E-state index in [-0.39, 0.29) is 29.8 Å². The zero-order valence-corrected chi connectivity index (χ0v) is 16.7. The summed E-state index contributed by atoms with van der Waals surface area (Å²) < 4.78 is 34.1. The molecule has 0 spiro atoms. The Bertz CT molecular complexity index is 1020. The van der Waals surface area contributed by atoms with Crippen molar-refractivity contribution >= 4 is 28.7 Å². The first-order chi connectivity index (χ1) is 14.4. The molecule has 2 aliphatic heterocycles. The van der Waals surface area contributed by atoms with Crippen molar-refractivity contribution in [2.75, 3.05) is 12.4 Å². The van der Waals surface area contributed by atoms with Crippen LogP contribution in [-0.2, 0) is 10.3 Å². The highest BCUT2D eigenvalue weighted by Gasteiger charge is 2.50. The number of nitrogens with zero attached hydrogens (tertiary/aromatic N) is 1. The Labute approximate surface area is 176 Å². The monoisotopic (exact) mass is 430 g/mol. The number of hydrogen-bond acceptors (Lipinski definition) is 5. The number of nitrogens with one attached hydrogen (secondary N) is 2. The van der Waals surface area contributed by atoms with Crippen molar-refractivity contribution < 1.29 is 18.3 Å². The van der Waals surface area contributed by atoms with E-state index in [4.69, 9.17) is 20.9 Å². The molecular weight excluding hydrogens is 410 g/mol. The number of nitrogens with two attached hydrogens (primary N) is 1. The first-order valence-corrected chi connectivity index (χ1v) is 10.4. The van der Waals surface area contributed by atoms with Gasteiger partial charge in [0.2, 0.25) is 0 Å². The van der Waals surface area contributed by atoms with Crippen LogP contribution in [0.1, 0.15) is 22.3 Å². The summed E-state index contributed by atoms with van der Waals surface area (Å²) in [6.45, 7) is -0.0320. The van der Waals surface area contributed by atoms with E-state index in [1.54, 1.807) is 24.3 Å². The molecule has 2 aromatic carbocycles. The van der Waals surface area contributed by atoms with Crippen LogP contribution in [0.15, 0.2) is 53.5 Å². The third kappa shape index (κ3) is 3.82. The van der Waals surface area contributed by atoms with Crippen LogP contribution in [0.3, 0.4) is 0 Å². The molecule has 30 heavy (non-hydrogen) atoms. The molecule has 3 atom stereocenters. The number of carbonyl (C=O) groups excluding carboxylic acids is 1. The Morgan fingerprint density at radius 3 is 2.73 bits per heavy atom. The van der Waals surface area contributed by atoms with E-state index in [0.717, 1.165) is 6.07 Å². The zero-order chi connectivity index (χ0) is 21.3. The van der Waals surface area contributed by atoms with Gasteiger partial charge in [0, 0.05) is 28.9 Å². The maximum Gasteiger partial charge on any atom is 0.257 e. The number of amidine groups is 2. The summed E-state index contributed by atoms with van der Waals surface area (Å²) in [6, 6.07) is 12.1. The average molecular weight is 430 g/mol. The van der Waals surface area contributed by atoms with Gasteiger partial charge < -0.3 is 15.8 Å². The minimum atomic E-state index is -1.14. The quantitative estimate of drug-likeness (QED) is 0.515. The second-order valence-electron chi connectivity index (χ2n) is 7.28. The highest BCUT2D eigenvalue weighted by molar-refractivity contribution is 8.13. The zero-order valence-electron chi connectivity index (χ0n) is 15.9. The molecule has 2 aliphatic rings. The molecule has 1 amide bonds. The van der Waals surface area contributed by atoms with Gasteiger partial charge in [-0.2, -0.15) is 0 Å².